The number of unbranched alkanes of at least 4 members (excludes halogenated alkanes) is 1. The van der Waals surface area contributed by atoms with Gasteiger partial charge in [0, 0.05) is 17.6 Å². The Bertz CT molecular complexity index is 1350. The molecule has 1 N–H and O–H groups in total. The highest BCUT2D eigenvalue weighted by Gasteiger charge is 2.32. The first kappa shape index (κ1) is 29.4. The molecule has 0 bridgehead atoms. The van der Waals surface area contributed by atoms with Crippen LogP contribution in [-0.2, 0) is 26.2 Å². The van der Waals surface area contributed by atoms with Crippen LogP contribution in [0.3, 0.4) is 0 Å². The molecule has 0 fully saturated rings. The van der Waals surface area contributed by atoms with Crippen molar-refractivity contribution in [1.29, 1.82) is 0 Å². The number of rotatable bonds is 12. The zero-order valence-electron chi connectivity index (χ0n) is 21.9. The van der Waals surface area contributed by atoms with Crippen molar-refractivity contribution in [3.63, 3.8) is 0 Å². The van der Waals surface area contributed by atoms with Crippen molar-refractivity contribution < 1.29 is 18.0 Å². The predicted octanol–water partition coefficient (Wildman–Crippen LogP) is 5.29. The number of carbonyl (C=O) groups is 2. The lowest BCUT2D eigenvalue weighted by Crippen LogP contribution is -2.51. The second kappa shape index (κ2) is 13.6. The van der Waals surface area contributed by atoms with Gasteiger partial charge in [-0.1, -0.05) is 83.4 Å². The Morgan fingerprint density at radius 3 is 2.34 bits per heavy atom. The average molecular weight is 601 g/mol. The molecule has 3 aromatic rings. The highest BCUT2D eigenvalue weighted by atomic mass is 79.9. The Morgan fingerprint density at radius 1 is 0.974 bits per heavy atom. The Balaban J connectivity index is 1.99. The van der Waals surface area contributed by atoms with Crippen LogP contribution in [0.15, 0.2) is 88.2 Å². The van der Waals surface area contributed by atoms with Gasteiger partial charge in [0.25, 0.3) is 10.0 Å². The second-order valence-electron chi connectivity index (χ2n) is 9.14. The molecule has 38 heavy (non-hydrogen) atoms. The summed E-state index contributed by atoms with van der Waals surface area (Å²) in [4.78, 5) is 28.4. The summed E-state index contributed by atoms with van der Waals surface area (Å²) in [5.41, 5.74) is 2.22. The highest BCUT2D eigenvalue weighted by Crippen LogP contribution is 2.27. The Labute approximate surface area is 234 Å². The number of carbonyl (C=O) groups excluding carboxylic acids is 2. The van der Waals surface area contributed by atoms with Gasteiger partial charge in [-0.15, -0.1) is 0 Å². The monoisotopic (exact) mass is 599 g/mol. The molecule has 1 atom stereocenters. The third kappa shape index (κ3) is 7.68. The van der Waals surface area contributed by atoms with E-state index in [1.54, 1.807) is 49.4 Å². The van der Waals surface area contributed by atoms with Crippen LogP contribution >= 0.6 is 15.9 Å². The molecule has 0 radical (unpaired) electrons. The van der Waals surface area contributed by atoms with E-state index in [1.807, 2.05) is 38.1 Å². The van der Waals surface area contributed by atoms with E-state index in [0.717, 1.165) is 28.3 Å². The summed E-state index contributed by atoms with van der Waals surface area (Å²) in [6, 6.07) is 21.7. The van der Waals surface area contributed by atoms with E-state index in [-0.39, 0.29) is 17.3 Å². The molecule has 0 aliphatic heterocycles. The van der Waals surface area contributed by atoms with E-state index in [2.05, 4.69) is 21.2 Å². The summed E-state index contributed by atoms with van der Waals surface area (Å²) in [7, 11) is -4.08. The summed E-state index contributed by atoms with van der Waals surface area (Å²) < 4.78 is 29.3. The maximum atomic E-state index is 13.9. The summed E-state index contributed by atoms with van der Waals surface area (Å²) in [5, 5.41) is 2.89. The second-order valence-corrected chi connectivity index (χ2v) is 11.9. The fourth-order valence-electron chi connectivity index (χ4n) is 4.01. The van der Waals surface area contributed by atoms with Gasteiger partial charge in [0.05, 0.1) is 10.6 Å². The molecular formula is C29H34BrN3O4S. The van der Waals surface area contributed by atoms with Gasteiger partial charge in [-0.25, -0.2) is 8.42 Å². The first-order valence-electron chi connectivity index (χ1n) is 12.6. The van der Waals surface area contributed by atoms with E-state index in [4.69, 9.17) is 0 Å². The van der Waals surface area contributed by atoms with Crippen LogP contribution in [0.25, 0.3) is 0 Å². The summed E-state index contributed by atoms with van der Waals surface area (Å²) in [5.74, 6) is -0.761. The summed E-state index contributed by atoms with van der Waals surface area (Å²) >= 11 is 3.40. The number of halogens is 1. The SMILES string of the molecule is CCCCNC(=O)C(C)N(Cc1cccc(C)c1)C(=O)CN(c1cccc(Br)c1)S(=O)(=O)c1ccccc1. The maximum Gasteiger partial charge on any atom is 0.264 e. The number of hydrogen-bond acceptors (Lipinski definition) is 4. The molecule has 2 amide bonds. The van der Waals surface area contributed by atoms with Crippen LogP contribution in [0, 0.1) is 6.92 Å². The number of benzene rings is 3. The molecule has 1 unspecified atom stereocenters. The number of amides is 2. The number of anilines is 1. The van der Waals surface area contributed by atoms with Gasteiger partial charge in [0.1, 0.15) is 12.6 Å². The summed E-state index contributed by atoms with van der Waals surface area (Å²) in [6.45, 7) is 5.88. The molecule has 7 nitrogen and oxygen atoms in total. The largest absolute Gasteiger partial charge is 0.354 e. The van der Waals surface area contributed by atoms with Crippen LogP contribution < -0.4 is 9.62 Å². The average Bonchev–Trinajstić information content (AvgIpc) is 2.90. The fraction of sp³-hybridized carbons (Fsp3) is 0.310. The van der Waals surface area contributed by atoms with E-state index in [1.165, 1.54) is 17.0 Å². The van der Waals surface area contributed by atoms with Gasteiger partial charge in [-0.05, 0) is 56.2 Å². The first-order chi connectivity index (χ1) is 18.1. The van der Waals surface area contributed by atoms with Crippen LogP contribution in [0.5, 0.6) is 0 Å². The zero-order chi connectivity index (χ0) is 27.7. The molecule has 0 saturated carbocycles. The number of aryl methyl sites for hydroxylation is 1. The van der Waals surface area contributed by atoms with Gasteiger partial charge >= 0.3 is 0 Å². The lowest BCUT2D eigenvalue weighted by Gasteiger charge is -2.32. The minimum absolute atomic E-state index is 0.0726. The summed E-state index contributed by atoms with van der Waals surface area (Å²) in [6.07, 6.45) is 1.76. The van der Waals surface area contributed by atoms with Gasteiger partial charge in [-0.2, -0.15) is 0 Å². The van der Waals surface area contributed by atoms with E-state index in [9.17, 15) is 18.0 Å². The van der Waals surface area contributed by atoms with Gasteiger partial charge in [-0.3, -0.25) is 13.9 Å². The van der Waals surface area contributed by atoms with Crippen LogP contribution in [0.1, 0.15) is 37.8 Å². The fourth-order valence-corrected chi connectivity index (χ4v) is 5.82. The van der Waals surface area contributed by atoms with Crippen molar-refractivity contribution in [1.82, 2.24) is 10.2 Å². The first-order valence-corrected chi connectivity index (χ1v) is 14.8. The smallest absolute Gasteiger partial charge is 0.264 e. The molecule has 9 heteroatoms. The molecule has 3 aromatic carbocycles. The molecule has 0 saturated heterocycles. The highest BCUT2D eigenvalue weighted by molar-refractivity contribution is 9.10. The van der Waals surface area contributed by atoms with Gasteiger partial charge in [0.2, 0.25) is 11.8 Å². The van der Waals surface area contributed by atoms with Crippen molar-refractivity contribution in [2.75, 3.05) is 17.4 Å². The number of hydrogen-bond donors (Lipinski definition) is 1. The zero-order valence-corrected chi connectivity index (χ0v) is 24.3. The van der Waals surface area contributed by atoms with Crippen molar-refractivity contribution in [2.24, 2.45) is 0 Å². The molecule has 202 valence electrons. The third-order valence-electron chi connectivity index (χ3n) is 6.14. The topological polar surface area (TPSA) is 86.8 Å². The van der Waals surface area contributed by atoms with Gasteiger partial charge in [0.15, 0.2) is 0 Å². The number of nitrogens with zero attached hydrogens (tertiary/aromatic N) is 2. The van der Waals surface area contributed by atoms with Crippen molar-refractivity contribution in [3.05, 3.63) is 94.5 Å². The Kier molecular flexibility index (Phi) is 10.5. The van der Waals surface area contributed by atoms with Crippen LogP contribution in [0.2, 0.25) is 0 Å². The normalized spacial score (nSPS) is 12.0. The Hall–Kier alpha value is -3.17. The van der Waals surface area contributed by atoms with E-state index >= 15 is 0 Å². The minimum Gasteiger partial charge on any atom is -0.354 e. The number of sulfonamides is 1. The molecule has 0 aliphatic rings. The molecule has 0 aliphatic carbocycles. The van der Waals surface area contributed by atoms with Crippen molar-refractivity contribution in [3.8, 4) is 0 Å². The standard InChI is InChI=1S/C29H34BrN3O4S/c1-4-5-17-31-29(35)23(3)32(20-24-12-9-11-22(2)18-24)28(34)21-33(26-14-10-13-25(30)19-26)38(36,37)27-15-7-6-8-16-27/h6-16,18-19,23H,4-5,17,20-21H2,1-3H3,(H,31,35). The molecular weight excluding hydrogens is 566 g/mol. The lowest BCUT2D eigenvalue weighted by atomic mass is 10.1. The quantitative estimate of drug-likeness (QED) is 0.287. The molecule has 3 rings (SSSR count). The van der Waals surface area contributed by atoms with Crippen molar-refractivity contribution in [2.45, 2.75) is 51.1 Å². The predicted molar refractivity (Wildman–Crippen MR) is 154 cm³/mol. The minimum atomic E-state index is -4.08. The van der Waals surface area contributed by atoms with E-state index < -0.39 is 28.5 Å². The van der Waals surface area contributed by atoms with Gasteiger partial charge < -0.3 is 10.2 Å². The van der Waals surface area contributed by atoms with Crippen LogP contribution in [-0.4, -0.2) is 44.3 Å². The Morgan fingerprint density at radius 2 is 1.68 bits per heavy atom. The van der Waals surface area contributed by atoms with E-state index in [0.29, 0.717) is 16.7 Å². The maximum absolute atomic E-state index is 13.9. The molecule has 0 aromatic heterocycles. The lowest BCUT2D eigenvalue weighted by molar-refractivity contribution is -0.139. The number of nitrogens with one attached hydrogen (secondary N) is 1. The molecule has 0 spiro atoms. The third-order valence-corrected chi connectivity index (χ3v) is 8.42. The molecule has 0 heterocycles. The van der Waals surface area contributed by atoms with Crippen molar-refractivity contribution >= 4 is 43.5 Å². The van der Waals surface area contributed by atoms with Crippen LogP contribution in [0.4, 0.5) is 5.69 Å².